The number of benzene rings is 3. The Morgan fingerprint density at radius 3 is 2.19 bits per heavy atom. The van der Waals surface area contributed by atoms with E-state index in [1.54, 1.807) is 30.3 Å². The van der Waals surface area contributed by atoms with Gasteiger partial charge in [-0.2, -0.15) is 0 Å². The monoisotopic (exact) mass is 340 g/mol. The van der Waals surface area contributed by atoms with E-state index in [-0.39, 0.29) is 11.3 Å². The van der Waals surface area contributed by atoms with E-state index in [0.717, 1.165) is 16.5 Å². The maximum Gasteiger partial charge on any atom is 0.348 e. The SMILES string of the molecule is Cc1ccc2oc(=O)c(C(=O)c3ccccc3)c(-c3ccccc3)c2c1. The lowest BCUT2D eigenvalue weighted by atomic mass is 9.92. The predicted molar refractivity (Wildman–Crippen MR) is 103 cm³/mol. The van der Waals surface area contributed by atoms with Crippen molar-refractivity contribution in [3.05, 3.63) is 106 Å². The molecule has 0 saturated heterocycles. The third kappa shape index (κ3) is 2.74. The highest BCUT2D eigenvalue weighted by atomic mass is 16.4. The largest absolute Gasteiger partial charge is 0.422 e. The van der Waals surface area contributed by atoms with Gasteiger partial charge in [0.2, 0.25) is 5.78 Å². The molecule has 0 spiro atoms. The molecule has 0 bridgehead atoms. The Hall–Kier alpha value is -3.46. The van der Waals surface area contributed by atoms with Crippen LogP contribution in [0.15, 0.2) is 88.1 Å². The molecule has 0 unspecified atom stereocenters. The van der Waals surface area contributed by atoms with E-state index in [9.17, 15) is 9.59 Å². The van der Waals surface area contributed by atoms with Gasteiger partial charge in [-0.3, -0.25) is 4.79 Å². The molecule has 3 heteroatoms. The van der Waals surface area contributed by atoms with Crippen LogP contribution >= 0.6 is 0 Å². The quantitative estimate of drug-likeness (QED) is 0.389. The average Bonchev–Trinajstić information content (AvgIpc) is 2.68. The zero-order valence-corrected chi connectivity index (χ0v) is 14.2. The standard InChI is InChI=1S/C23H16O3/c1-15-12-13-19-18(14-15)20(16-8-4-2-5-9-16)21(23(25)26-19)22(24)17-10-6-3-7-11-17/h2-14H,1H3. The van der Waals surface area contributed by atoms with Gasteiger partial charge in [-0.1, -0.05) is 72.3 Å². The first-order valence-electron chi connectivity index (χ1n) is 8.38. The fourth-order valence-electron chi connectivity index (χ4n) is 3.16. The van der Waals surface area contributed by atoms with Crippen molar-refractivity contribution in [2.45, 2.75) is 6.92 Å². The minimum absolute atomic E-state index is 0.0699. The van der Waals surface area contributed by atoms with E-state index in [4.69, 9.17) is 4.42 Å². The number of hydrogen-bond acceptors (Lipinski definition) is 3. The summed E-state index contributed by atoms with van der Waals surface area (Å²) in [5.41, 5.74) is 2.86. The van der Waals surface area contributed by atoms with E-state index in [1.807, 2.05) is 55.5 Å². The highest BCUT2D eigenvalue weighted by molar-refractivity contribution is 6.16. The van der Waals surface area contributed by atoms with Gasteiger partial charge >= 0.3 is 5.63 Å². The maximum absolute atomic E-state index is 13.1. The molecule has 0 N–H and O–H groups in total. The van der Waals surface area contributed by atoms with Crippen LogP contribution < -0.4 is 5.63 Å². The molecule has 0 atom stereocenters. The topological polar surface area (TPSA) is 47.3 Å². The molecule has 4 aromatic rings. The molecule has 0 saturated carbocycles. The lowest BCUT2D eigenvalue weighted by molar-refractivity contribution is 0.103. The summed E-state index contributed by atoms with van der Waals surface area (Å²) in [5.74, 6) is -0.332. The third-order valence-corrected chi connectivity index (χ3v) is 4.39. The fourth-order valence-corrected chi connectivity index (χ4v) is 3.16. The molecule has 126 valence electrons. The first kappa shape index (κ1) is 16.0. The van der Waals surface area contributed by atoms with E-state index in [0.29, 0.717) is 16.7 Å². The van der Waals surface area contributed by atoms with Crippen molar-refractivity contribution < 1.29 is 9.21 Å². The number of fused-ring (bicyclic) bond motifs is 1. The van der Waals surface area contributed by atoms with Gasteiger partial charge in [0.1, 0.15) is 11.1 Å². The van der Waals surface area contributed by atoms with Crippen LogP contribution in [0.2, 0.25) is 0 Å². The number of rotatable bonds is 3. The van der Waals surface area contributed by atoms with Crippen LogP contribution in [0.1, 0.15) is 21.5 Å². The molecule has 0 fully saturated rings. The summed E-state index contributed by atoms with van der Waals surface area (Å²) in [4.78, 5) is 25.9. The zero-order chi connectivity index (χ0) is 18.1. The van der Waals surface area contributed by atoms with E-state index >= 15 is 0 Å². The van der Waals surface area contributed by atoms with Crippen LogP contribution in [-0.4, -0.2) is 5.78 Å². The first-order chi connectivity index (χ1) is 12.6. The molecule has 0 aliphatic heterocycles. The molecule has 1 heterocycles. The van der Waals surface area contributed by atoms with Crippen LogP contribution in [0.5, 0.6) is 0 Å². The summed E-state index contributed by atoms with van der Waals surface area (Å²) >= 11 is 0. The molecule has 0 amide bonds. The molecule has 0 aliphatic rings. The zero-order valence-electron chi connectivity index (χ0n) is 14.2. The Morgan fingerprint density at radius 2 is 1.50 bits per heavy atom. The normalized spacial score (nSPS) is 10.8. The second-order valence-corrected chi connectivity index (χ2v) is 6.20. The summed E-state index contributed by atoms with van der Waals surface area (Å²) in [6.07, 6.45) is 0. The van der Waals surface area contributed by atoms with Crippen molar-refractivity contribution >= 4 is 16.8 Å². The van der Waals surface area contributed by atoms with Gasteiger partial charge in [-0.15, -0.1) is 0 Å². The minimum Gasteiger partial charge on any atom is -0.422 e. The number of hydrogen-bond donors (Lipinski definition) is 0. The van der Waals surface area contributed by atoms with Gasteiger partial charge in [-0.05, 0) is 24.6 Å². The second-order valence-electron chi connectivity index (χ2n) is 6.20. The van der Waals surface area contributed by atoms with Gasteiger partial charge in [-0.25, -0.2) is 4.79 Å². The number of carbonyl (C=O) groups is 1. The molecule has 0 radical (unpaired) electrons. The molecule has 0 aliphatic carbocycles. The number of aryl methyl sites for hydroxylation is 1. The van der Waals surface area contributed by atoms with Gasteiger partial charge in [0.15, 0.2) is 0 Å². The molecular weight excluding hydrogens is 324 g/mol. The van der Waals surface area contributed by atoms with Crippen LogP contribution in [-0.2, 0) is 0 Å². The molecule has 3 aromatic carbocycles. The Bertz CT molecular complexity index is 1160. The van der Waals surface area contributed by atoms with Crippen molar-refractivity contribution in [2.24, 2.45) is 0 Å². The van der Waals surface area contributed by atoms with Crippen LogP contribution in [0, 0.1) is 6.92 Å². The van der Waals surface area contributed by atoms with Gasteiger partial charge in [0.05, 0.1) is 0 Å². The van der Waals surface area contributed by atoms with Gasteiger partial charge in [0.25, 0.3) is 0 Å². The highest BCUT2D eigenvalue weighted by Crippen LogP contribution is 2.32. The van der Waals surface area contributed by atoms with Crippen LogP contribution in [0.4, 0.5) is 0 Å². The van der Waals surface area contributed by atoms with E-state index in [1.165, 1.54) is 0 Å². The Labute approximate surface area is 150 Å². The summed E-state index contributed by atoms with van der Waals surface area (Å²) in [6, 6.07) is 23.9. The van der Waals surface area contributed by atoms with E-state index < -0.39 is 5.63 Å². The highest BCUT2D eigenvalue weighted by Gasteiger charge is 2.23. The summed E-state index contributed by atoms with van der Waals surface area (Å²) in [6.45, 7) is 1.97. The molecule has 4 rings (SSSR count). The van der Waals surface area contributed by atoms with Crippen LogP contribution in [0.3, 0.4) is 0 Å². The first-order valence-corrected chi connectivity index (χ1v) is 8.38. The van der Waals surface area contributed by atoms with Crippen molar-refractivity contribution in [1.82, 2.24) is 0 Å². The smallest absolute Gasteiger partial charge is 0.348 e. The molecular formula is C23H16O3. The third-order valence-electron chi connectivity index (χ3n) is 4.39. The molecule has 1 aromatic heterocycles. The Kier molecular flexibility index (Phi) is 3.98. The van der Waals surface area contributed by atoms with Crippen molar-refractivity contribution in [2.75, 3.05) is 0 Å². The number of ketones is 1. The Balaban J connectivity index is 2.11. The maximum atomic E-state index is 13.1. The van der Waals surface area contributed by atoms with E-state index in [2.05, 4.69) is 0 Å². The van der Waals surface area contributed by atoms with Crippen molar-refractivity contribution in [3.8, 4) is 11.1 Å². The molecule has 3 nitrogen and oxygen atoms in total. The van der Waals surface area contributed by atoms with Crippen LogP contribution in [0.25, 0.3) is 22.1 Å². The van der Waals surface area contributed by atoms with Crippen molar-refractivity contribution in [3.63, 3.8) is 0 Å². The van der Waals surface area contributed by atoms with Crippen molar-refractivity contribution in [1.29, 1.82) is 0 Å². The van der Waals surface area contributed by atoms with Gasteiger partial charge in [0, 0.05) is 16.5 Å². The summed E-state index contributed by atoms with van der Waals surface area (Å²) < 4.78 is 5.48. The molecule has 26 heavy (non-hydrogen) atoms. The predicted octanol–water partition coefficient (Wildman–Crippen LogP) is 5.00. The minimum atomic E-state index is -0.617. The summed E-state index contributed by atoms with van der Waals surface area (Å²) in [5, 5.41) is 0.759. The second kappa shape index (κ2) is 6.45. The van der Waals surface area contributed by atoms with Gasteiger partial charge < -0.3 is 4.42 Å². The summed E-state index contributed by atoms with van der Waals surface area (Å²) in [7, 11) is 0. The lowest BCUT2D eigenvalue weighted by Gasteiger charge is -2.12. The number of carbonyl (C=O) groups excluding carboxylic acids is 1. The lowest BCUT2D eigenvalue weighted by Crippen LogP contribution is -2.17. The average molecular weight is 340 g/mol. The fraction of sp³-hybridized carbons (Fsp3) is 0.0435. The Morgan fingerprint density at radius 1 is 0.846 bits per heavy atom.